The maximum absolute atomic E-state index is 12.5. The van der Waals surface area contributed by atoms with E-state index in [1.165, 1.54) is 17.2 Å². The molecule has 0 bridgehead atoms. The molecule has 0 amide bonds. The summed E-state index contributed by atoms with van der Waals surface area (Å²) in [6.45, 7) is 1.46. The Kier molecular flexibility index (Phi) is 4.05. The van der Waals surface area contributed by atoms with Crippen molar-refractivity contribution in [3.63, 3.8) is 0 Å². The highest BCUT2D eigenvalue weighted by Gasteiger charge is 2.18. The molecule has 5 nitrogen and oxygen atoms in total. The second-order valence-electron chi connectivity index (χ2n) is 6.05. The highest BCUT2D eigenvalue weighted by Crippen LogP contribution is 2.21. The van der Waals surface area contributed by atoms with E-state index in [-0.39, 0.29) is 5.56 Å². The minimum Gasteiger partial charge on any atom is -0.353 e. The van der Waals surface area contributed by atoms with E-state index < -0.39 is 5.69 Å². The Bertz CT molecular complexity index is 1010. The lowest BCUT2D eigenvalue weighted by atomic mass is 10.00. The van der Waals surface area contributed by atoms with E-state index in [9.17, 15) is 9.59 Å². The summed E-state index contributed by atoms with van der Waals surface area (Å²) in [6, 6.07) is 16.8. The molecule has 0 atom stereocenters. The summed E-state index contributed by atoms with van der Waals surface area (Å²) < 4.78 is 2.04. The number of aromatic amines is 1. The monoisotopic (exact) mass is 397 g/mol. The number of nitrogens with zero attached hydrogens (tertiary/aromatic N) is 2. The van der Waals surface area contributed by atoms with E-state index >= 15 is 0 Å². The fraction of sp³-hybridized carbons (Fsp3) is 0.158. The summed E-state index contributed by atoms with van der Waals surface area (Å²) >= 11 is 3.35. The molecule has 1 aliphatic rings. The van der Waals surface area contributed by atoms with Crippen molar-refractivity contribution in [3.05, 3.63) is 91.0 Å². The molecule has 2 aromatic carbocycles. The fourth-order valence-corrected chi connectivity index (χ4v) is 3.45. The van der Waals surface area contributed by atoms with Crippen LogP contribution in [0.1, 0.15) is 11.1 Å². The van der Waals surface area contributed by atoms with Crippen molar-refractivity contribution in [1.82, 2.24) is 9.55 Å². The van der Waals surface area contributed by atoms with Gasteiger partial charge in [-0.05, 0) is 41.8 Å². The predicted octanol–water partition coefficient (Wildman–Crippen LogP) is 2.85. The molecule has 0 saturated heterocycles. The van der Waals surface area contributed by atoms with E-state index in [4.69, 9.17) is 0 Å². The van der Waals surface area contributed by atoms with Gasteiger partial charge in [-0.25, -0.2) is 9.36 Å². The zero-order chi connectivity index (χ0) is 17.4. The maximum Gasteiger partial charge on any atom is 0.334 e. The van der Waals surface area contributed by atoms with Crippen LogP contribution in [0, 0.1) is 0 Å². The van der Waals surface area contributed by atoms with Crippen LogP contribution < -0.4 is 16.1 Å². The first-order chi connectivity index (χ1) is 12.1. The molecule has 1 aromatic heterocycles. The summed E-state index contributed by atoms with van der Waals surface area (Å²) in [7, 11) is 0. The van der Waals surface area contributed by atoms with Crippen molar-refractivity contribution in [3.8, 4) is 5.69 Å². The Labute approximate surface area is 152 Å². The largest absolute Gasteiger partial charge is 0.353 e. The van der Waals surface area contributed by atoms with Crippen molar-refractivity contribution in [2.45, 2.75) is 13.0 Å². The van der Waals surface area contributed by atoms with E-state index in [0.29, 0.717) is 18.1 Å². The second-order valence-corrected chi connectivity index (χ2v) is 6.97. The minimum atomic E-state index is -0.427. The first-order valence-electron chi connectivity index (χ1n) is 8.06. The SMILES string of the molecule is O=c1cc(N2CCc3ccccc3C2)[nH]c(=O)n1-c1ccc(Br)cc1. The molecule has 126 valence electrons. The number of halogens is 1. The number of rotatable bonds is 2. The molecular formula is C19H16BrN3O2. The van der Waals surface area contributed by atoms with Crippen LogP contribution in [0.3, 0.4) is 0 Å². The van der Waals surface area contributed by atoms with Crippen LogP contribution >= 0.6 is 15.9 Å². The topological polar surface area (TPSA) is 58.1 Å². The molecular weight excluding hydrogens is 382 g/mol. The van der Waals surface area contributed by atoms with Crippen LogP contribution in [0.2, 0.25) is 0 Å². The quantitative estimate of drug-likeness (QED) is 0.723. The zero-order valence-corrected chi connectivity index (χ0v) is 15.0. The van der Waals surface area contributed by atoms with E-state index in [1.807, 2.05) is 17.0 Å². The van der Waals surface area contributed by atoms with E-state index in [1.54, 1.807) is 24.3 Å². The first kappa shape index (κ1) is 15.9. The summed E-state index contributed by atoms with van der Waals surface area (Å²) in [5, 5.41) is 0. The van der Waals surface area contributed by atoms with Crippen molar-refractivity contribution in [2.75, 3.05) is 11.4 Å². The van der Waals surface area contributed by atoms with Crippen molar-refractivity contribution in [2.24, 2.45) is 0 Å². The lowest BCUT2D eigenvalue weighted by Crippen LogP contribution is -2.38. The number of hydrogen-bond donors (Lipinski definition) is 1. The summed E-state index contributed by atoms with van der Waals surface area (Å²) in [6.07, 6.45) is 0.897. The van der Waals surface area contributed by atoms with Gasteiger partial charge in [-0.1, -0.05) is 40.2 Å². The van der Waals surface area contributed by atoms with Crippen molar-refractivity contribution in [1.29, 1.82) is 0 Å². The molecule has 3 aromatic rings. The molecule has 0 radical (unpaired) electrons. The van der Waals surface area contributed by atoms with Crippen LogP contribution in [-0.4, -0.2) is 16.1 Å². The van der Waals surface area contributed by atoms with Gasteiger partial charge in [0.15, 0.2) is 0 Å². The molecule has 1 aliphatic heterocycles. The maximum atomic E-state index is 12.5. The number of anilines is 1. The van der Waals surface area contributed by atoms with Gasteiger partial charge in [0.2, 0.25) is 0 Å². The van der Waals surface area contributed by atoms with Gasteiger partial charge in [-0.3, -0.25) is 9.78 Å². The third-order valence-corrected chi connectivity index (χ3v) is 5.00. The number of benzene rings is 2. The van der Waals surface area contributed by atoms with Gasteiger partial charge < -0.3 is 4.90 Å². The molecule has 1 N–H and O–H groups in total. The van der Waals surface area contributed by atoms with E-state index in [2.05, 4.69) is 33.0 Å². The highest BCUT2D eigenvalue weighted by molar-refractivity contribution is 9.10. The van der Waals surface area contributed by atoms with Gasteiger partial charge in [0.25, 0.3) is 5.56 Å². The Morgan fingerprint density at radius 1 is 0.960 bits per heavy atom. The van der Waals surface area contributed by atoms with Crippen LogP contribution in [0.25, 0.3) is 5.69 Å². The average molecular weight is 398 g/mol. The Morgan fingerprint density at radius 3 is 2.40 bits per heavy atom. The average Bonchev–Trinajstić information content (AvgIpc) is 2.62. The number of H-pyrrole nitrogens is 1. The molecule has 2 heterocycles. The molecule has 25 heavy (non-hydrogen) atoms. The van der Waals surface area contributed by atoms with Gasteiger partial charge in [0.1, 0.15) is 5.82 Å². The second kappa shape index (κ2) is 6.37. The van der Waals surface area contributed by atoms with Gasteiger partial charge in [-0.15, -0.1) is 0 Å². The molecule has 0 aliphatic carbocycles. The van der Waals surface area contributed by atoms with E-state index in [0.717, 1.165) is 22.0 Å². The van der Waals surface area contributed by atoms with Crippen LogP contribution in [0.15, 0.2) is 68.7 Å². The first-order valence-corrected chi connectivity index (χ1v) is 8.85. The van der Waals surface area contributed by atoms with Crippen molar-refractivity contribution >= 4 is 21.7 Å². The molecule has 0 fully saturated rings. The third-order valence-electron chi connectivity index (χ3n) is 4.47. The normalized spacial score (nSPS) is 13.6. The summed E-state index contributed by atoms with van der Waals surface area (Å²) in [5.41, 5.74) is 2.34. The van der Waals surface area contributed by atoms with Crippen LogP contribution in [-0.2, 0) is 13.0 Å². The molecule has 6 heteroatoms. The van der Waals surface area contributed by atoms with Gasteiger partial charge in [0, 0.05) is 23.6 Å². The number of fused-ring (bicyclic) bond motifs is 1. The standard InChI is InChI=1S/C19H16BrN3O2/c20-15-5-7-16(8-6-15)23-18(24)11-17(21-19(23)25)22-10-9-13-3-1-2-4-14(13)12-22/h1-8,11H,9-10,12H2,(H,21,25). The molecule has 0 unspecified atom stereocenters. The summed E-state index contributed by atoms with van der Waals surface area (Å²) in [5.74, 6) is 0.567. The fourth-order valence-electron chi connectivity index (χ4n) is 3.19. The lowest BCUT2D eigenvalue weighted by Gasteiger charge is -2.30. The van der Waals surface area contributed by atoms with Crippen LogP contribution in [0.5, 0.6) is 0 Å². The Morgan fingerprint density at radius 2 is 1.68 bits per heavy atom. The lowest BCUT2D eigenvalue weighted by molar-refractivity contribution is 0.710. The zero-order valence-electron chi connectivity index (χ0n) is 13.4. The predicted molar refractivity (Wildman–Crippen MR) is 102 cm³/mol. The molecule has 4 rings (SSSR count). The number of aromatic nitrogens is 2. The molecule has 0 spiro atoms. The number of hydrogen-bond acceptors (Lipinski definition) is 3. The Balaban J connectivity index is 1.71. The highest BCUT2D eigenvalue weighted by atomic mass is 79.9. The van der Waals surface area contributed by atoms with Gasteiger partial charge >= 0.3 is 5.69 Å². The minimum absolute atomic E-state index is 0.333. The number of nitrogens with one attached hydrogen (secondary N) is 1. The van der Waals surface area contributed by atoms with Gasteiger partial charge in [0.05, 0.1) is 5.69 Å². The van der Waals surface area contributed by atoms with Crippen LogP contribution in [0.4, 0.5) is 5.82 Å². The third kappa shape index (κ3) is 3.05. The summed E-state index contributed by atoms with van der Waals surface area (Å²) in [4.78, 5) is 29.9. The Hall–Kier alpha value is -2.60. The van der Waals surface area contributed by atoms with Crippen molar-refractivity contribution < 1.29 is 0 Å². The van der Waals surface area contributed by atoms with Gasteiger partial charge in [-0.2, -0.15) is 0 Å². The molecule has 0 saturated carbocycles. The smallest absolute Gasteiger partial charge is 0.334 e.